The van der Waals surface area contributed by atoms with E-state index in [0.29, 0.717) is 13.2 Å². The summed E-state index contributed by atoms with van der Waals surface area (Å²) in [6.45, 7) is 8.29. The van der Waals surface area contributed by atoms with Crippen LogP contribution in [0.3, 0.4) is 0 Å². The van der Waals surface area contributed by atoms with Crippen LogP contribution in [0.1, 0.15) is 34.1 Å². The second-order valence-electron chi connectivity index (χ2n) is 5.25. The lowest BCUT2D eigenvalue weighted by Gasteiger charge is -2.27. The van der Waals surface area contributed by atoms with Gasteiger partial charge in [-0.05, 0) is 34.1 Å². The van der Waals surface area contributed by atoms with Crippen LogP contribution >= 0.6 is 0 Å². The molecule has 0 bridgehead atoms. The number of carbonyl (C=O) groups is 2. The molecule has 5 nitrogen and oxygen atoms in total. The second kappa shape index (κ2) is 5.49. The summed E-state index contributed by atoms with van der Waals surface area (Å²) in [6.07, 6.45) is -0.178. The van der Waals surface area contributed by atoms with Crippen LogP contribution in [0.5, 0.6) is 0 Å². The number of hydrogen-bond acceptors (Lipinski definition) is 4. The predicted molar refractivity (Wildman–Crippen MR) is 62.8 cm³/mol. The summed E-state index contributed by atoms with van der Waals surface area (Å²) < 4.78 is 10.7. The summed E-state index contributed by atoms with van der Waals surface area (Å²) in [4.78, 5) is 24.7. The minimum atomic E-state index is -0.523. The number of rotatable bonds is 1. The first-order valence-electron chi connectivity index (χ1n) is 5.89. The van der Waals surface area contributed by atoms with Crippen LogP contribution in [0.4, 0.5) is 4.79 Å². The van der Waals surface area contributed by atoms with Gasteiger partial charge in [0.1, 0.15) is 11.7 Å². The van der Waals surface area contributed by atoms with E-state index in [4.69, 9.17) is 9.47 Å². The van der Waals surface area contributed by atoms with Crippen LogP contribution < -0.4 is 0 Å². The third-order valence-corrected chi connectivity index (χ3v) is 2.38. The molecule has 0 N–H and O–H groups in total. The van der Waals surface area contributed by atoms with Gasteiger partial charge in [0, 0.05) is 13.2 Å². The molecular formula is C12H21NO4. The first kappa shape index (κ1) is 14.0. The Bertz CT molecular complexity index is 295. The quantitative estimate of drug-likeness (QED) is 0.702. The van der Waals surface area contributed by atoms with E-state index in [2.05, 4.69) is 0 Å². The van der Waals surface area contributed by atoms with Gasteiger partial charge in [-0.2, -0.15) is 0 Å². The van der Waals surface area contributed by atoms with Gasteiger partial charge in [-0.25, -0.2) is 4.79 Å². The summed E-state index contributed by atoms with van der Waals surface area (Å²) >= 11 is 0. The summed E-state index contributed by atoms with van der Waals surface area (Å²) in [6, 6.07) is 0. The van der Waals surface area contributed by atoms with Crippen molar-refractivity contribution in [1.29, 1.82) is 0 Å². The van der Waals surface area contributed by atoms with E-state index in [1.165, 1.54) is 6.92 Å². The molecule has 0 spiro atoms. The molecule has 1 rings (SSSR count). The molecule has 98 valence electrons. The maximum atomic E-state index is 11.9. The number of ketones is 1. The SMILES string of the molecule is CC(=O)[C@H]1CN(C(=O)OC(C)(C)C)CCCO1. The zero-order valence-corrected chi connectivity index (χ0v) is 11.0. The molecule has 0 aromatic rings. The average Bonchev–Trinajstić information content (AvgIpc) is 2.39. The summed E-state index contributed by atoms with van der Waals surface area (Å²) in [5, 5.41) is 0. The average molecular weight is 243 g/mol. The van der Waals surface area contributed by atoms with Crippen molar-refractivity contribution in [3.63, 3.8) is 0 Å². The van der Waals surface area contributed by atoms with Crippen LogP contribution in [0.2, 0.25) is 0 Å². The fourth-order valence-corrected chi connectivity index (χ4v) is 1.56. The Morgan fingerprint density at radius 3 is 2.53 bits per heavy atom. The molecule has 1 atom stereocenters. The molecule has 5 heteroatoms. The summed E-state index contributed by atoms with van der Waals surface area (Å²) in [7, 11) is 0. The van der Waals surface area contributed by atoms with Crippen molar-refractivity contribution in [2.45, 2.75) is 45.8 Å². The molecule has 1 amide bonds. The highest BCUT2D eigenvalue weighted by Gasteiger charge is 2.28. The fourth-order valence-electron chi connectivity index (χ4n) is 1.56. The van der Waals surface area contributed by atoms with Crippen LogP contribution in [0.15, 0.2) is 0 Å². The molecule has 0 aromatic carbocycles. The number of nitrogens with zero attached hydrogens (tertiary/aromatic N) is 1. The van der Waals surface area contributed by atoms with Gasteiger partial charge in [0.15, 0.2) is 5.78 Å². The van der Waals surface area contributed by atoms with Crippen LogP contribution in [-0.4, -0.2) is 48.2 Å². The molecule has 1 aliphatic heterocycles. The zero-order valence-electron chi connectivity index (χ0n) is 11.0. The summed E-state index contributed by atoms with van der Waals surface area (Å²) in [5.74, 6) is -0.0551. The van der Waals surface area contributed by atoms with Crippen LogP contribution in [0, 0.1) is 0 Å². The van der Waals surface area contributed by atoms with Crippen LogP contribution in [-0.2, 0) is 14.3 Å². The molecule has 1 aliphatic rings. The smallest absolute Gasteiger partial charge is 0.410 e. The van der Waals surface area contributed by atoms with Crippen molar-refractivity contribution in [2.24, 2.45) is 0 Å². The van der Waals surface area contributed by atoms with E-state index in [1.54, 1.807) is 4.90 Å². The van der Waals surface area contributed by atoms with Gasteiger partial charge in [-0.1, -0.05) is 0 Å². The minimum Gasteiger partial charge on any atom is -0.444 e. The number of amides is 1. The molecule has 1 saturated heterocycles. The van der Waals surface area contributed by atoms with Crippen molar-refractivity contribution in [1.82, 2.24) is 4.90 Å². The normalized spacial score (nSPS) is 21.9. The van der Waals surface area contributed by atoms with E-state index in [0.717, 1.165) is 6.42 Å². The Hall–Kier alpha value is -1.10. The lowest BCUT2D eigenvalue weighted by Crippen LogP contribution is -2.42. The largest absolute Gasteiger partial charge is 0.444 e. The van der Waals surface area contributed by atoms with E-state index >= 15 is 0 Å². The number of ether oxygens (including phenoxy) is 2. The molecule has 17 heavy (non-hydrogen) atoms. The molecule has 1 heterocycles. The Kier molecular flexibility index (Phi) is 4.51. The third-order valence-electron chi connectivity index (χ3n) is 2.38. The molecule has 1 fully saturated rings. The molecule has 0 unspecified atom stereocenters. The molecule has 0 aliphatic carbocycles. The Morgan fingerprint density at radius 1 is 1.35 bits per heavy atom. The van der Waals surface area contributed by atoms with Crippen molar-refractivity contribution in [3.05, 3.63) is 0 Å². The fraction of sp³-hybridized carbons (Fsp3) is 0.833. The highest BCUT2D eigenvalue weighted by atomic mass is 16.6. The van der Waals surface area contributed by atoms with Gasteiger partial charge < -0.3 is 14.4 Å². The lowest BCUT2D eigenvalue weighted by molar-refractivity contribution is -0.128. The third kappa shape index (κ3) is 4.73. The zero-order chi connectivity index (χ0) is 13.1. The highest BCUT2D eigenvalue weighted by molar-refractivity contribution is 5.81. The van der Waals surface area contributed by atoms with Gasteiger partial charge >= 0.3 is 6.09 Å². The van der Waals surface area contributed by atoms with Crippen molar-refractivity contribution in [3.8, 4) is 0 Å². The topological polar surface area (TPSA) is 55.8 Å². The lowest BCUT2D eigenvalue weighted by atomic mass is 10.2. The first-order valence-corrected chi connectivity index (χ1v) is 5.89. The van der Waals surface area contributed by atoms with Gasteiger partial charge in [0.05, 0.1) is 6.54 Å². The predicted octanol–water partition coefficient (Wildman–Crippen LogP) is 1.60. The highest BCUT2D eigenvalue weighted by Crippen LogP contribution is 2.13. The van der Waals surface area contributed by atoms with Crippen molar-refractivity contribution < 1.29 is 19.1 Å². The van der Waals surface area contributed by atoms with Gasteiger partial charge in [0.2, 0.25) is 0 Å². The van der Waals surface area contributed by atoms with Crippen LogP contribution in [0.25, 0.3) is 0 Å². The van der Waals surface area contributed by atoms with E-state index in [-0.39, 0.29) is 18.4 Å². The van der Waals surface area contributed by atoms with Crippen molar-refractivity contribution in [2.75, 3.05) is 19.7 Å². The number of Topliss-reactive ketones (excluding diaryl/α,β-unsaturated/α-hetero) is 1. The number of hydrogen-bond donors (Lipinski definition) is 0. The monoisotopic (exact) mass is 243 g/mol. The first-order chi connectivity index (χ1) is 7.79. The number of carbonyl (C=O) groups excluding carboxylic acids is 2. The standard InChI is InChI=1S/C12H21NO4/c1-9(14)10-8-13(6-5-7-16-10)11(15)17-12(2,3)4/h10H,5-8H2,1-4H3/t10-/m1/s1. The Morgan fingerprint density at radius 2 is 2.00 bits per heavy atom. The Balaban J connectivity index is 2.62. The minimum absolute atomic E-state index is 0.0551. The van der Waals surface area contributed by atoms with Gasteiger partial charge in [-0.15, -0.1) is 0 Å². The van der Waals surface area contributed by atoms with Gasteiger partial charge in [-0.3, -0.25) is 4.79 Å². The molecule has 0 radical (unpaired) electrons. The second-order valence-corrected chi connectivity index (χ2v) is 5.25. The summed E-state index contributed by atoms with van der Waals surface area (Å²) in [5.41, 5.74) is -0.518. The molecule has 0 saturated carbocycles. The van der Waals surface area contributed by atoms with Gasteiger partial charge in [0.25, 0.3) is 0 Å². The maximum absolute atomic E-state index is 11.9. The van der Waals surface area contributed by atoms with E-state index in [1.807, 2.05) is 20.8 Å². The van der Waals surface area contributed by atoms with E-state index < -0.39 is 11.7 Å². The molecular weight excluding hydrogens is 222 g/mol. The van der Waals surface area contributed by atoms with Crippen molar-refractivity contribution >= 4 is 11.9 Å². The van der Waals surface area contributed by atoms with E-state index in [9.17, 15) is 9.59 Å². The maximum Gasteiger partial charge on any atom is 0.410 e. The Labute approximate surface area is 102 Å². The molecule has 0 aromatic heterocycles.